The molecule has 0 radical (unpaired) electrons. The van der Waals surface area contributed by atoms with E-state index in [-0.39, 0.29) is 18.5 Å². The Labute approximate surface area is 136 Å². The highest BCUT2D eigenvalue weighted by molar-refractivity contribution is 5.99. The molecule has 6 heteroatoms. The molecule has 0 bridgehead atoms. The van der Waals surface area contributed by atoms with Crippen LogP contribution < -0.4 is 10.6 Å². The third-order valence-electron chi connectivity index (χ3n) is 4.09. The second-order valence-corrected chi connectivity index (χ2v) is 6.07. The van der Waals surface area contributed by atoms with Gasteiger partial charge in [0.25, 0.3) is 0 Å². The van der Waals surface area contributed by atoms with Gasteiger partial charge in [-0.25, -0.2) is 9.18 Å². The second-order valence-electron chi connectivity index (χ2n) is 6.07. The van der Waals surface area contributed by atoms with Crippen LogP contribution in [0.4, 0.5) is 20.6 Å². The molecule has 1 fully saturated rings. The Balaban J connectivity index is 1.99. The number of alkyl halides is 1. The van der Waals surface area contributed by atoms with E-state index in [0.29, 0.717) is 36.7 Å². The van der Waals surface area contributed by atoms with Crippen LogP contribution in [0.1, 0.15) is 33.1 Å². The van der Waals surface area contributed by atoms with Crippen LogP contribution in [0.3, 0.4) is 0 Å². The van der Waals surface area contributed by atoms with Gasteiger partial charge in [-0.15, -0.1) is 0 Å². The number of halogens is 1. The third kappa shape index (κ3) is 4.94. The van der Waals surface area contributed by atoms with Crippen LogP contribution in [0.5, 0.6) is 0 Å². The van der Waals surface area contributed by atoms with Crippen molar-refractivity contribution in [3.63, 3.8) is 0 Å². The standard InChI is InChI=1S/C17H24FN3O2/c1-3-12(2)10-16(22)19-14-6-4-5-7-15(14)20-17(23)21-9-8-13(18)11-21/h4-7,12-13H,3,8-11H2,1-2H3,(H,19,22)(H,20,23). The van der Waals surface area contributed by atoms with Crippen molar-refractivity contribution in [2.24, 2.45) is 5.92 Å². The highest BCUT2D eigenvalue weighted by Crippen LogP contribution is 2.23. The summed E-state index contributed by atoms with van der Waals surface area (Å²) in [5.41, 5.74) is 1.09. The van der Waals surface area contributed by atoms with Gasteiger partial charge in [-0.2, -0.15) is 0 Å². The van der Waals surface area contributed by atoms with E-state index < -0.39 is 6.17 Å². The van der Waals surface area contributed by atoms with E-state index >= 15 is 0 Å². The van der Waals surface area contributed by atoms with Crippen molar-refractivity contribution in [1.82, 2.24) is 4.90 Å². The van der Waals surface area contributed by atoms with Crippen LogP contribution in [-0.4, -0.2) is 36.1 Å². The maximum atomic E-state index is 13.2. The molecule has 1 aliphatic rings. The number of carbonyl (C=O) groups is 2. The van der Waals surface area contributed by atoms with Crippen LogP contribution in [0.15, 0.2) is 24.3 Å². The van der Waals surface area contributed by atoms with E-state index in [0.717, 1.165) is 6.42 Å². The molecule has 23 heavy (non-hydrogen) atoms. The van der Waals surface area contributed by atoms with E-state index in [1.165, 1.54) is 4.90 Å². The minimum absolute atomic E-state index is 0.0777. The fourth-order valence-corrected chi connectivity index (χ4v) is 2.46. The van der Waals surface area contributed by atoms with E-state index in [2.05, 4.69) is 10.6 Å². The van der Waals surface area contributed by atoms with E-state index in [4.69, 9.17) is 0 Å². The summed E-state index contributed by atoms with van der Waals surface area (Å²) in [6.45, 7) is 4.60. The summed E-state index contributed by atoms with van der Waals surface area (Å²) in [7, 11) is 0. The minimum atomic E-state index is -0.953. The molecule has 2 rings (SSSR count). The van der Waals surface area contributed by atoms with Crippen molar-refractivity contribution in [2.45, 2.75) is 39.3 Å². The van der Waals surface area contributed by atoms with Gasteiger partial charge in [-0.1, -0.05) is 32.4 Å². The number of hydrogen-bond donors (Lipinski definition) is 2. The zero-order chi connectivity index (χ0) is 16.8. The van der Waals surface area contributed by atoms with Crippen LogP contribution in [-0.2, 0) is 4.79 Å². The van der Waals surface area contributed by atoms with Gasteiger partial charge in [0.15, 0.2) is 0 Å². The Hall–Kier alpha value is -2.11. The van der Waals surface area contributed by atoms with Gasteiger partial charge in [0.2, 0.25) is 5.91 Å². The lowest BCUT2D eigenvalue weighted by Crippen LogP contribution is -2.33. The Kier molecular flexibility index (Phi) is 5.96. The monoisotopic (exact) mass is 321 g/mol. The van der Waals surface area contributed by atoms with Crippen LogP contribution in [0.25, 0.3) is 0 Å². The number of likely N-dealkylation sites (tertiary alicyclic amines) is 1. The minimum Gasteiger partial charge on any atom is -0.324 e. The number of benzene rings is 1. The summed E-state index contributed by atoms with van der Waals surface area (Å²) in [5, 5.41) is 5.59. The first-order valence-electron chi connectivity index (χ1n) is 8.08. The summed E-state index contributed by atoms with van der Waals surface area (Å²) in [6.07, 6.45) is 0.798. The number of carbonyl (C=O) groups excluding carboxylic acids is 2. The molecule has 1 aromatic carbocycles. The molecule has 2 unspecified atom stereocenters. The first-order chi connectivity index (χ1) is 11.0. The van der Waals surface area contributed by atoms with Crippen LogP contribution >= 0.6 is 0 Å². The topological polar surface area (TPSA) is 61.4 Å². The zero-order valence-corrected chi connectivity index (χ0v) is 13.6. The normalized spacial score (nSPS) is 18.6. The molecular formula is C17H24FN3O2. The van der Waals surface area contributed by atoms with E-state index in [9.17, 15) is 14.0 Å². The number of hydrogen-bond acceptors (Lipinski definition) is 2. The average molecular weight is 321 g/mol. The molecule has 3 amide bonds. The Morgan fingerprint density at radius 3 is 2.52 bits per heavy atom. The maximum absolute atomic E-state index is 13.2. The molecule has 2 N–H and O–H groups in total. The molecule has 1 heterocycles. The molecule has 0 aromatic heterocycles. The molecule has 1 aromatic rings. The van der Waals surface area contributed by atoms with E-state index in [1.54, 1.807) is 24.3 Å². The molecule has 126 valence electrons. The first kappa shape index (κ1) is 17.2. The van der Waals surface area contributed by atoms with Crippen molar-refractivity contribution in [1.29, 1.82) is 0 Å². The van der Waals surface area contributed by atoms with Gasteiger partial charge in [0.05, 0.1) is 17.9 Å². The zero-order valence-electron chi connectivity index (χ0n) is 13.6. The molecule has 0 aliphatic carbocycles. The van der Waals surface area contributed by atoms with Crippen molar-refractivity contribution in [3.05, 3.63) is 24.3 Å². The van der Waals surface area contributed by atoms with Gasteiger partial charge in [-0.3, -0.25) is 4.79 Å². The number of urea groups is 1. The van der Waals surface area contributed by atoms with Crippen molar-refractivity contribution < 1.29 is 14.0 Å². The lowest BCUT2D eigenvalue weighted by atomic mass is 10.0. The van der Waals surface area contributed by atoms with Crippen LogP contribution in [0.2, 0.25) is 0 Å². The highest BCUT2D eigenvalue weighted by Gasteiger charge is 2.26. The van der Waals surface area contributed by atoms with E-state index in [1.807, 2.05) is 13.8 Å². The molecule has 2 atom stereocenters. The molecule has 0 spiro atoms. The first-order valence-corrected chi connectivity index (χ1v) is 8.08. The Bertz CT molecular complexity index is 565. The van der Waals surface area contributed by atoms with Gasteiger partial charge in [0, 0.05) is 13.0 Å². The van der Waals surface area contributed by atoms with Crippen molar-refractivity contribution >= 4 is 23.3 Å². The van der Waals surface area contributed by atoms with Crippen molar-refractivity contribution in [3.8, 4) is 0 Å². The summed E-state index contributed by atoms with van der Waals surface area (Å²) < 4.78 is 13.2. The third-order valence-corrected chi connectivity index (χ3v) is 4.09. The van der Waals surface area contributed by atoms with Gasteiger partial charge < -0.3 is 15.5 Å². The highest BCUT2D eigenvalue weighted by atomic mass is 19.1. The SMILES string of the molecule is CCC(C)CC(=O)Nc1ccccc1NC(=O)N1CCC(F)C1. The number of nitrogens with zero attached hydrogens (tertiary/aromatic N) is 1. The summed E-state index contributed by atoms with van der Waals surface area (Å²) >= 11 is 0. The quantitative estimate of drug-likeness (QED) is 0.870. The van der Waals surface area contributed by atoms with Gasteiger partial charge in [0.1, 0.15) is 6.17 Å². The smallest absolute Gasteiger partial charge is 0.322 e. The predicted molar refractivity (Wildman–Crippen MR) is 89.2 cm³/mol. The van der Waals surface area contributed by atoms with Gasteiger partial charge >= 0.3 is 6.03 Å². The fraction of sp³-hybridized carbons (Fsp3) is 0.529. The summed E-state index contributed by atoms with van der Waals surface area (Å²) in [5.74, 6) is 0.230. The average Bonchev–Trinajstić information content (AvgIpc) is 2.95. The molecule has 0 saturated carbocycles. The number of anilines is 2. The predicted octanol–water partition coefficient (Wildman–Crippen LogP) is 3.64. The molecular weight excluding hydrogens is 297 g/mol. The van der Waals surface area contributed by atoms with Gasteiger partial charge in [-0.05, 0) is 24.5 Å². The summed E-state index contributed by atoms with van der Waals surface area (Å²) in [6, 6.07) is 6.70. The summed E-state index contributed by atoms with van der Waals surface area (Å²) in [4.78, 5) is 25.6. The van der Waals surface area contributed by atoms with Crippen LogP contribution in [0, 0.1) is 5.92 Å². The number of rotatable bonds is 5. The maximum Gasteiger partial charge on any atom is 0.322 e. The molecule has 1 saturated heterocycles. The largest absolute Gasteiger partial charge is 0.324 e. The van der Waals surface area contributed by atoms with Crippen molar-refractivity contribution in [2.75, 3.05) is 23.7 Å². The second kappa shape index (κ2) is 7.94. The molecule has 1 aliphatic heterocycles. The number of para-hydroxylation sites is 2. The Morgan fingerprint density at radius 2 is 1.96 bits per heavy atom. The lowest BCUT2D eigenvalue weighted by molar-refractivity contribution is -0.117. The molecule has 5 nitrogen and oxygen atoms in total. The number of nitrogens with one attached hydrogen (secondary N) is 2. The fourth-order valence-electron chi connectivity index (χ4n) is 2.46. The lowest BCUT2D eigenvalue weighted by Gasteiger charge is -2.18. The Morgan fingerprint density at radius 1 is 1.30 bits per heavy atom. The number of amides is 3.